The van der Waals surface area contributed by atoms with E-state index in [0.717, 1.165) is 22.3 Å². The quantitative estimate of drug-likeness (QED) is 0.240. The van der Waals surface area contributed by atoms with E-state index in [1.807, 2.05) is 84.9 Å². The maximum atomic E-state index is 13.4. The van der Waals surface area contributed by atoms with Gasteiger partial charge in [-0.2, -0.15) is 0 Å². The first kappa shape index (κ1) is 26.3. The number of hydrogen-bond donors (Lipinski definition) is 3. The molecule has 0 aromatic heterocycles. The van der Waals surface area contributed by atoms with Gasteiger partial charge in [-0.15, -0.1) is 0 Å². The first-order chi connectivity index (χ1) is 18.1. The Kier molecular flexibility index (Phi) is 9.64. The molecule has 0 bridgehead atoms. The minimum atomic E-state index is -0.748. The number of carbonyl (C=O) groups excluding carboxylic acids is 1. The summed E-state index contributed by atoms with van der Waals surface area (Å²) in [7, 11) is 0. The molecule has 0 unspecified atom stereocenters. The number of carbonyl (C=O) groups is 1. The highest BCUT2D eigenvalue weighted by molar-refractivity contribution is 5.78. The molecule has 4 rings (SSSR count). The fourth-order valence-electron chi connectivity index (χ4n) is 4.70. The summed E-state index contributed by atoms with van der Waals surface area (Å²) in [6.07, 6.45) is 0.110. The highest BCUT2D eigenvalue weighted by Gasteiger charge is 2.25. The van der Waals surface area contributed by atoms with E-state index in [1.54, 1.807) is 0 Å². The number of rotatable bonds is 12. The largest absolute Gasteiger partial charge is 0.390 e. The number of aliphatic hydroxyl groups excluding tert-OH is 1. The van der Waals surface area contributed by atoms with Gasteiger partial charge in [0, 0.05) is 24.9 Å². The molecule has 4 nitrogen and oxygen atoms in total. The molecule has 0 fully saturated rings. The normalized spacial score (nSPS) is 13.6. The molecule has 0 heterocycles. The van der Waals surface area contributed by atoms with Crippen LogP contribution in [-0.4, -0.2) is 29.7 Å². The monoisotopic (exact) mass is 492 g/mol. The van der Waals surface area contributed by atoms with Crippen LogP contribution in [0.1, 0.15) is 47.6 Å². The maximum Gasteiger partial charge on any atom is 0.221 e. The van der Waals surface area contributed by atoms with Crippen LogP contribution in [0, 0.1) is 0 Å². The van der Waals surface area contributed by atoms with Gasteiger partial charge < -0.3 is 15.7 Å². The van der Waals surface area contributed by atoms with Gasteiger partial charge in [-0.3, -0.25) is 4.79 Å². The van der Waals surface area contributed by atoms with Gasteiger partial charge in [0.05, 0.1) is 12.1 Å². The van der Waals surface area contributed by atoms with E-state index < -0.39 is 12.1 Å². The van der Waals surface area contributed by atoms with E-state index in [-0.39, 0.29) is 17.9 Å². The lowest BCUT2D eigenvalue weighted by atomic mass is 9.88. The molecule has 0 saturated heterocycles. The van der Waals surface area contributed by atoms with Crippen molar-refractivity contribution in [2.75, 3.05) is 6.54 Å². The van der Waals surface area contributed by atoms with Crippen molar-refractivity contribution in [3.63, 3.8) is 0 Å². The molecule has 0 radical (unpaired) electrons. The summed E-state index contributed by atoms with van der Waals surface area (Å²) in [5.41, 5.74) is 4.43. The summed E-state index contributed by atoms with van der Waals surface area (Å²) in [5.74, 6) is -0.137. The van der Waals surface area contributed by atoms with Crippen LogP contribution in [0.4, 0.5) is 0 Å². The molecule has 4 aromatic rings. The second-order valence-electron chi connectivity index (χ2n) is 9.55. The van der Waals surface area contributed by atoms with Crippen LogP contribution in [0.5, 0.6) is 0 Å². The van der Waals surface area contributed by atoms with E-state index in [2.05, 4.69) is 54.0 Å². The van der Waals surface area contributed by atoms with E-state index >= 15 is 0 Å². The molecule has 0 aliphatic rings. The Labute approximate surface area is 220 Å². The van der Waals surface area contributed by atoms with Crippen molar-refractivity contribution in [3.8, 4) is 0 Å². The third kappa shape index (κ3) is 7.88. The van der Waals surface area contributed by atoms with E-state index in [9.17, 15) is 9.90 Å². The second kappa shape index (κ2) is 13.5. The molecular formula is C33H36N2O2. The summed E-state index contributed by atoms with van der Waals surface area (Å²) in [4.78, 5) is 13.4. The zero-order chi connectivity index (χ0) is 25.9. The van der Waals surface area contributed by atoms with Gasteiger partial charge in [-0.1, -0.05) is 121 Å². The van der Waals surface area contributed by atoms with Crippen LogP contribution in [0.25, 0.3) is 0 Å². The van der Waals surface area contributed by atoms with Gasteiger partial charge in [-0.25, -0.2) is 0 Å². The fraction of sp³-hybridized carbons (Fsp3) is 0.242. The van der Waals surface area contributed by atoms with Gasteiger partial charge in [0.1, 0.15) is 0 Å². The molecule has 37 heavy (non-hydrogen) atoms. The van der Waals surface area contributed by atoms with Gasteiger partial charge in [-0.05, 0) is 35.6 Å². The lowest BCUT2D eigenvalue weighted by Gasteiger charge is -2.27. The lowest BCUT2D eigenvalue weighted by molar-refractivity contribution is -0.122. The molecule has 4 aromatic carbocycles. The van der Waals surface area contributed by atoms with Crippen molar-refractivity contribution in [1.29, 1.82) is 0 Å². The predicted molar refractivity (Wildman–Crippen MR) is 150 cm³/mol. The Morgan fingerprint density at radius 3 is 1.68 bits per heavy atom. The van der Waals surface area contributed by atoms with Crippen LogP contribution >= 0.6 is 0 Å². The van der Waals surface area contributed by atoms with Crippen molar-refractivity contribution in [2.45, 2.75) is 43.9 Å². The van der Waals surface area contributed by atoms with Crippen LogP contribution < -0.4 is 10.6 Å². The second-order valence-corrected chi connectivity index (χ2v) is 9.55. The van der Waals surface area contributed by atoms with E-state index in [0.29, 0.717) is 19.4 Å². The Morgan fingerprint density at radius 2 is 1.16 bits per heavy atom. The van der Waals surface area contributed by atoms with E-state index in [1.165, 1.54) is 0 Å². The Bertz CT molecular complexity index is 1160. The predicted octanol–water partition coefficient (Wildman–Crippen LogP) is 5.65. The zero-order valence-electron chi connectivity index (χ0n) is 21.3. The minimum absolute atomic E-state index is 0.0619. The highest BCUT2D eigenvalue weighted by atomic mass is 16.3. The first-order valence-corrected chi connectivity index (χ1v) is 13.0. The summed E-state index contributed by atoms with van der Waals surface area (Å²) in [6.45, 7) is 2.45. The summed E-state index contributed by atoms with van der Waals surface area (Å²) in [5, 5.41) is 17.8. The average Bonchev–Trinajstić information content (AvgIpc) is 2.96. The van der Waals surface area contributed by atoms with Crippen molar-refractivity contribution in [2.24, 2.45) is 0 Å². The van der Waals surface area contributed by atoms with Gasteiger partial charge in [0.25, 0.3) is 0 Å². The molecule has 1 amide bonds. The molecule has 3 atom stereocenters. The van der Waals surface area contributed by atoms with Crippen LogP contribution in [0.15, 0.2) is 121 Å². The molecule has 3 N–H and O–H groups in total. The van der Waals surface area contributed by atoms with Crippen LogP contribution in [-0.2, 0) is 11.2 Å². The van der Waals surface area contributed by atoms with Crippen molar-refractivity contribution in [1.82, 2.24) is 10.6 Å². The van der Waals surface area contributed by atoms with Crippen LogP contribution in [0.2, 0.25) is 0 Å². The average molecular weight is 493 g/mol. The third-order valence-electron chi connectivity index (χ3n) is 6.84. The number of nitrogens with one attached hydrogen (secondary N) is 2. The van der Waals surface area contributed by atoms with E-state index in [4.69, 9.17) is 0 Å². The number of benzene rings is 4. The first-order valence-electron chi connectivity index (χ1n) is 13.0. The van der Waals surface area contributed by atoms with Gasteiger partial charge in [0.15, 0.2) is 0 Å². The summed E-state index contributed by atoms with van der Waals surface area (Å²) >= 11 is 0. The fourth-order valence-corrected chi connectivity index (χ4v) is 4.70. The van der Waals surface area contributed by atoms with Crippen molar-refractivity contribution < 1.29 is 9.90 Å². The zero-order valence-corrected chi connectivity index (χ0v) is 21.3. The lowest BCUT2D eigenvalue weighted by Crippen LogP contribution is -2.49. The molecule has 190 valence electrons. The van der Waals surface area contributed by atoms with Crippen molar-refractivity contribution in [3.05, 3.63) is 144 Å². The standard InChI is InChI=1S/C33H36N2O2/c1-25(27-16-8-3-9-17-27)34-24-32(36)31(22-26-14-6-2-7-15-26)35-33(37)23-30(28-18-10-4-11-19-28)29-20-12-5-13-21-29/h2-21,25,30-32,34,36H,22-24H2,1H3,(H,35,37)/t25-,31-,32+/m0/s1. The SMILES string of the molecule is C[C@H](NC[C@@H](O)[C@H](Cc1ccccc1)NC(=O)CC(c1ccccc1)c1ccccc1)c1ccccc1. The Balaban J connectivity index is 1.47. The third-order valence-corrected chi connectivity index (χ3v) is 6.84. The Morgan fingerprint density at radius 1 is 0.703 bits per heavy atom. The molecule has 0 spiro atoms. The molecule has 0 aliphatic carbocycles. The number of hydrogen-bond acceptors (Lipinski definition) is 3. The minimum Gasteiger partial charge on any atom is -0.390 e. The van der Waals surface area contributed by atoms with Crippen molar-refractivity contribution >= 4 is 5.91 Å². The molecule has 0 saturated carbocycles. The van der Waals surface area contributed by atoms with Gasteiger partial charge >= 0.3 is 0 Å². The topological polar surface area (TPSA) is 61.4 Å². The number of aliphatic hydroxyl groups is 1. The summed E-state index contributed by atoms with van der Waals surface area (Å²) in [6, 6.07) is 40.1. The number of amides is 1. The highest BCUT2D eigenvalue weighted by Crippen LogP contribution is 2.28. The maximum absolute atomic E-state index is 13.4. The van der Waals surface area contributed by atoms with Gasteiger partial charge in [0.2, 0.25) is 5.91 Å². The molecular weight excluding hydrogens is 456 g/mol. The smallest absolute Gasteiger partial charge is 0.221 e. The molecule has 4 heteroatoms. The summed E-state index contributed by atoms with van der Waals surface area (Å²) < 4.78 is 0. The Hall–Kier alpha value is -3.73. The molecule has 0 aliphatic heterocycles. The van der Waals surface area contributed by atoms with Crippen LogP contribution in [0.3, 0.4) is 0 Å².